The monoisotopic (exact) mass is 308 g/mol. The minimum Gasteiger partial charge on any atom is -0.481 e. The Hall–Kier alpha value is -2.84. The number of amides is 1. The lowest BCUT2D eigenvalue weighted by Gasteiger charge is -2.19. The summed E-state index contributed by atoms with van der Waals surface area (Å²) in [6, 6.07) is 1.52. The maximum atomic E-state index is 11.8. The molecule has 2 aromatic rings. The van der Waals surface area contributed by atoms with E-state index in [0.717, 1.165) is 0 Å². The van der Waals surface area contributed by atoms with E-state index in [1.807, 2.05) is 0 Å². The molecule has 0 radical (unpaired) electrons. The number of hydrogen-bond acceptors (Lipinski definition) is 6. The molecular weight excluding hydrogens is 292 g/mol. The van der Waals surface area contributed by atoms with Crippen molar-refractivity contribution in [2.45, 2.75) is 26.4 Å². The van der Waals surface area contributed by atoms with E-state index < -0.39 is 17.7 Å². The lowest BCUT2D eigenvalue weighted by molar-refractivity contribution is 0.0635. The fourth-order valence-corrected chi connectivity index (χ4v) is 1.71. The standard InChI is InChI=1S/C13H16N4O5/c1-13(2,3)22-12(20)15-9-8(11(18)19)10-14-7(21-4)5-6-17(10)16-9/h5-6H,1-4H3,(H,18,19)(H,15,16,20). The average molecular weight is 308 g/mol. The first kappa shape index (κ1) is 15.5. The van der Waals surface area contributed by atoms with Crippen LogP contribution in [0.15, 0.2) is 12.3 Å². The van der Waals surface area contributed by atoms with Crippen LogP contribution in [0.2, 0.25) is 0 Å². The van der Waals surface area contributed by atoms with Crippen LogP contribution in [0.4, 0.5) is 10.6 Å². The number of aromatic nitrogens is 3. The fraction of sp³-hybridized carbons (Fsp3) is 0.385. The predicted molar refractivity (Wildman–Crippen MR) is 76.4 cm³/mol. The molecule has 0 fully saturated rings. The highest BCUT2D eigenvalue weighted by molar-refractivity contribution is 6.03. The van der Waals surface area contributed by atoms with E-state index in [2.05, 4.69) is 15.4 Å². The number of nitrogens with one attached hydrogen (secondary N) is 1. The Balaban J connectivity index is 2.43. The zero-order chi connectivity index (χ0) is 16.5. The second-order valence-corrected chi connectivity index (χ2v) is 5.39. The van der Waals surface area contributed by atoms with Gasteiger partial charge >= 0.3 is 12.1 Å². The zero-order valence-electron chi connectivity index (χ0n) is 12.6. The number of ether oxygens (including phenoxy) is 2. The molecule has 0 aromatic carbocycles. The van der Waals surface area contributed by atoms with Crippen molar-refractivity contribution in [3.05, 3.63) is 17.8 Å². The number of aromatic carboxylic acids is 1. The second-order valence-electron chi connectivity index (χ2n) is 5.39. The van der Waals surface area contributed by atoms with Crippen molar-refractivity contribution in [2.24, 2.45) is 0 Å². The molecule has 0 atom stereocenters. The molecule has 0 bridgehead atoms. The normalized spacial score (nSPS) is 11.3. The number of carbonyl (C=O) groups is 2. The Morgan fingerprint density at radius 2 is 2.05 bits per heavy atom. The molecule has 0 saturated heterocycles. The number of carbonyl (C=O) groups excluding carboxylic acids is 1. The van der Waals surface area contributed by atoms with E-state index in [1.165, 1.54) is 23.9 Å². The molecule has 9 heteroatoms. The van der Waals surface area contributed by atoms with E-state index in [-0.39, 0.29) is 22.9 Å². The highest BCUT2D eigenvalue weighted by Crippen LogP contribution is 2.21. The summed E-state index contributed by atoms with van der Waals surface area (Å²) in [6.45, 7) is 5.09. The van der Waals surface area contributed by atoms with E-state index in [9.17, 15) is 14.7 Å². The summed E-state index contributed by atoms with van der Waals surface area (Å²) in [5, 5.41) is 15.6. The zero-order valence-corrected chi connectivity index (χ0v) is 12.6. The van der Waals surface area contributed by atoms with Gasteiger partial charge in [-0.15, -0.1) is 5.10 Å². The van der Waals surface area contributed by atoms with Crippen LogP contribution in [0.25, 0.3) is 5.65 Å². The summed E-state index contributed by atoms with van der Waals surface area (Å²) in [4.78, 5) is 27.2. The van der Waals surface area contributed by atoms with Crippen LogP contribution in [0.5, 0.6) is 5.88 Å². The number of fused-ring (bicyclic) bond motifs is 1. The summed E-state index contributed by atoms with van der Waals surface area (Å²) in [6.07, 6.45) is 0.679. The number of nitrogens with zero attached hydrogens (tertiary/aromatic N) is 3. The van der Waals surface area contributed by atoms with E-state index >= 15 is 0 Å². The Morgan fingerprint density at radius 1 is 1.36 bits per heavy atom. The van der Waals surface area contributed by atoms with Gasteiger partial charge in [0.2, 0.25) is 5.88 Å². The number of carboxylic acids is 1. The number of hydrogen-bond donors (Lipinski definition) is 2. The van der Waals surface area contributed by atoms with Crippen LogP contribution in [-0.2, 0) is 4.74 Å². The van der Waals surface area contributed by atoms with Gasteiger partial charge in [-0.3, -0.25) is 5.32 Å². The van der Waals surface area contributed by atoms with Crippen molar-refractivity contribution in [3.8, 4) is 5.88 Å². The van der Waals surface area contributed by atoms with Crippen LogP contribution in [0, 0.1) is 0 Å². The van der Waals surface area contributed by atoms with Crippen molar-refractivity contribution in [2.75, 3.05) is 12.4 Å². The maximum absolute atomic E-state index is 11.8. The highest BCUT2D eigenvalue weighted by Gasteiger charge is 2.24. The van der Waals surface area contributed by atoms with Gasteiger partial charge in [0, 0.05) is 12.3 Å². The van der Waals surface area contributed by atoms with Gasteiger partial charge in [-0.25, -0.2) is 14.1 Å². The minimum atomic E-state index is -1.28. The van der Waals surface area contributed by atoms with Gasteiger partial charge in [0.05, 0.1) is 7.11 Å². The van der Waals surface area contributed by atoms with Gasteiger partial charge in [-0.1, -0.05) is 0 Å². The summed E-state index contributed by atoms with van der Waals surface area (Å²) < 4.78 is 11.3. The first-order valence-corrected chi connectivity index (χ1v) is 6.38. The Labute approximate surface area is 125 Å². The molecule has 2 heterocycles. The Kier molecular flexibility index (Phi) is 3.89. The first-order valence-electron chi connectivity index (χ1n) is 6.38. The predicted octanol–water partition coefficient (Wildman–Crippen LogP) is 1.78. The summed E-state index contributed by atoms with van der Waals surface area (Å²) in [5.74, 6) is -1.19. The fourth-order valence-electron chi connectivity index (χ4n) is 1.71. The summed E-state index contributed by atoms with van der Waals surface area (Å²) >= 11 is 0. The average Bonchev–Trinajstić information content (AvgIpc) is 2.72. The Bertz CT molecular complexity index is 732. The van der Waals surface area contributed by atoms with E-state index in [0.29, 0.717) is 0 Å². The summed E-state index contributed by atoms with van der Waals surface area (Å²) in [5.41, 5.74) is -0.906. The molecule has 22 heavy (non-hydrogen) atoms. The number of rotatable bonds is 3. The van der Waals surface area contributed by atoms with E-state index in [1.54, 1.807) is 20.8 Å². The molecule has 0 unspecified atom stereocenters. The lowest BCUT2D eigenvalue weighted by atomic mass is 10.2. The smallest absolute Gasteiger partial charge is 0.413 e. The van der Waals surface area contributed by atoms with Crippen LogP contribution in [-0.4, -0.2) is 44.5 Å². The quantitative estimate of drug-likeness (QED) is 0.888. The van der Waals surface area contributed by atoms with Crippen molar-refractivity contribution < 1.29 is 24.2 Å². The van der Waals surface area contributed by atoms with Crippen LogP contribution < -0.4 is 10.1 Å². The van der Waals surface area contributed by atoms with Gasteiger partial charge in [-0.2, -0.15) is 4.98 Å². The minimum absolute atomic E-state index is 0.0536. The van der Waals surface area contributed by atoms with Crippen molar-refractivity contribution in [3.63, 3.8) is 0 Å². The van der Waals surface area contributed by atoms with Crippen molar-refractivity contribution in [1.82, 2.24) is 14.6 Å². The number of carboxylic acid groups (broad SMARTS) is 1. The van der Waals surface area contributed by atoms with Gasteiger partial charge in [0.15, 0.2) is 11.5 Å². The molecule has 2 rings (SSSR count). The third-order valence-electron chi connectivity index (χ3n) is 2.50. The molecule has 0 aliphatic heterocycles. The molecule has 0 spiro atoms. The topological polar surface area (TPSA) is 115 Å². The second kappa shape index (κ2) is 5.51. The molecular formula is C13H16N4O5. The largest absolute Gasteiger partial charge is 0.481 e. The number of methoxy groups -OCH3 is 1. The molecule has 0 aliphatic carbocycles. The summed E-state index contributed by atoms with van der Waals surface area (Å²) in [7, 11) is 1.41. The maximum Gasteiger partial charge on any atom is 0.413 e. The van der Waals surface area contributed by atoms with E-state index in [4.69, 9.17) is 9.47 Å². The van der Waals surface area contributed by atoms with Gasteiger partial charge < -0.3 is 14.6 Å². The molecule has 2 aromatic heterocycles. The first-order chi connectivity index (χ1) is 10.2. The van der Waals surface area contributed by atoms with Gasteiger partial charge in [0.1, 0.15) is 11.2 Å². The third-order valence-corrected chi connectivity index (χ3v) is 2.50. The van der Waals surface area contributed by atoms with Gasteiger partial charge in [-0.05, 0) is 20.8 Å². The van der Waals surface area contributed by atoms with Crippen molar-refractivity contribution in [1.29, 1.82) is 0 Å². The third kappa shape index (κ3) is 3.25. The van der Waals surface area contributed by atoms with Crippen LogP contribution >= 0.6 is 0 Å². The molecule has 1 amide bonds. The lowest BCUT2D eigenvalue weighted by Crippen LogP contribution is -2.27. The SMILES string of the molecule is COc1ccn2nc(NC(=O)OC(C)(C)C)c(C(=O)O)c2n1. The Morgan fingerprint density at radius 3 is 2.59 bits per heavy atom. The van der Waals surface area contributed by atoms with Crippen molar-refractivity contribution >= 4 is 23.5 Å². The number of anilines is 1. The highest BCUT2D eigenvalue weighted by atomic mass is 16.6. The molecule has 2 N–H and O–H groups in total. The molecule has 0 aliphatic rings. The van der Waals surface area contributed by atoms with Gasteiger partial charge in [0.25, 0.3) is 0 Å². The molecule has 118 valence electrons. The van der Waals surface area contributed by atoms with Crippen LogP contribution in [0.1, 0.15) is 31.1 Å². The molecule has 0 saturated carbocycles. The van der Waals surface area contributed by atoms with Crippen LogP contribution in [0.3, 0.4) is 0 Å². The molecule has 9 nitrogen and oxygen atoms in total.